The molecule has 128 valence electrons. The molecule has 1 aromatic heterocycles. The Morgan fingerprint density at radius 2 is 1.84 bits per heavy atom. The Balaban J connectivity index is 1.72. The van der Waals surface area contributed by atoms with Gasteiger partial charge < -0.3 is 4.57 Å². The van der Waals surface area contributed by atoms with Gasteiger partial charge in [0.15, 0.2) is 0 Å². The van der Waals surface area contributed by atoms with Gasteiger partial charge in [0.2, 0.25) is 0 Å². The van der Waals surface area contributed by atoms with Crippen molar-refractivity contribution in [1.82, 2.24) is 15.0 Å². The second kappa shape index (κ2) is 6.89. The summed E-state index contributed by atoms with van der Waals surface area (Å²) in [7, 11) is 0. The number of para-hydroxylation sites is 2. The molecule has 0 aliphatic carbocycles. The molecule has 0 fully saturated rings. The van der Waals surface area contributed by atoms with Crippen LogP contribution in [0, 0.1) is 27.7 Å². The molecule has 0 spiro atoms. The van der Waals surface area contributed by atoms with Crippen LogP contribution >= 0.6 is 0 Å². The van der Waals surface area contributed by atoms with Crippen molar-refractivity contribution in [2.75, 3.05) is 0 Å². The highest BCUT2D eigenvalue weighted by molar-refractivity contribution is 5.86. The van der Waals surface area contributed by atoms with Gasteiger partial charge in [0.1, 0.15) is 12.4 Å². The minimum absolute atomic E-state index is 0.176. The molecular formula is C20H22N4O. The molecule has 1 N–H and O–H groups in total. The zero-order valence-electron chi connectivity index (χ0n) is 15.0. The van der Waals surface area contributed by atoms with Crippen LogP contribution in [0.3, 0.4) is 0 Å². The topological polar surface area (TPSA) is 59.3 Å². The third-order valence-corrected chi connectivity index (χ3v) is 4.27. The Bertz CT molecular complexity index is 946. The van der Waals surface area contributed by atoms with Crippen molar-refractivity contribution in [2.45, 2.75) is 34.2 Å². The predicted molar refractivity (Wildman–Crippen MR) is 101 cm³/mol. The zero-order chi connectivity index (χ0) is 18.0. The second-order valence-electron chi connectivity index (χ2n) is 6.34. The third kappa shape index (κ3) is 3.60. The molecule has 0 atom stereocenters. The number of benzene rings is 2. The van der Waals surface area contributed by atoms with Crippen LogP contribution in [0.15, 0.2) is 41.5 Å². The van der Waals surface area contributed by atoms with E-state index in [-0.39, 0.29) is 12.5 Å². The zero-order valence-corrected chi connectivity index (χ0v) is 15.0. The number of fused-ring (bicyclic) bond motifs is 1. The number of hydrogen-bond acceptors (Lipinski definition) is 3. The average Bonchev–Trinajstić information content (AvgIpc) is 2.86. The normalized spacial score (nSPS) is 11.4. The molecule has 0 aliphatic rings. The highest BCUT2D eigenvalue weighted by Gasteiger charge is 2.10. The van der Waals surface area contributed by atoms with Crippen molar-refractivity contribution < 1.29 is 4.79 Å². The van der Waals surface area contributed by atoms with Crippen molar-refractivity contribution in [3.63, 3.8) is 0 Å². The maximum Gasteiger partial charge on any atom is 0.260 e. The smallest absolute Gasteiger partial charge is 0.260 e. The quantitative estimate of drug-likeness (QED) is 0.587. The van der Waals surface area contributed by atoms with Gasteiger partial charge in [-0.15, -0.1) is 0 Å². The maximum absolute atomic E-state index is 12.2. The van der Waals surface area contributed by atoms with Crippen LogP contribution in [-0.4, -0.2) is 21.7 Å². The van der Waals surface area contributed by atoms with E-state index in [4.69, 9.17) is 0 Å². The molecule has 0 saturated heterocycles. The van der Waals surface area contributed by atoms with Crippen LogP contribution in [0.4, 0.5) is 0 Å². The molecule has 0 aliphatic heterocycles. The lowest BCUT2D eigenvalue weighted by atomic mass is 10.0. The van der Waals surface area contributed by atoms with E-state index in [0.717, 1.165) is 33.5 Å². The van der Waals surface area contributed by atoms with Gasteiger partial charge in [-0.2, -0.15) is 5.10 Å². The summed E-state index contributed by atoms with van der Waals surface area (Å²) in [5.41, 5.74) is 9.00. The molecule has 5 nitrogen and oxygen atoms in total. The van der Waals surface area contributed by atoms with Gasteiger partial charge in [-0.1, -0.05) is 29.8 Å². The lowest BCUT2D eigenvalue weighted by Gasteiger charge is -2.07. The molecule has 1 amide bonds. The van der Waals surface area contributed by atoms with E-state index in [1.807, 2.05) is 49.6 Å². The molecule has 3 rings (SSSR count). The molecule has 1 heterocycles. The number of rotatable bonds is 4. The number of imidazole rings is 1. The van der Waals surface area contributed by atoms with Crippen molar-refractivity contribution in [3.8, 4) is 0 Å². The number of aryl methyl sites for hydroxylation is 4. The van der Waals surface area contributed by atoms with Crippen molar-refractivity contribution >= 4 is 23.2 Å². The number of hydrogen-bond donors (Lipinski definition) is 1. The van der Waals surface area contributed by atoms with Gasteiger partial charge in [0.05, 0.1) is 17.2 Å². The summed E-state index contributed by atoms with van der Waals surface area (Å²) in [5, 5.41) is 4.12. The molecule has 0 saturated carbocycles. The Morgan fingerprint density at radius 1 is 1.16 bits per heavy atom. The number of nitrogens with one attached hydrogen (secondary N) is 1. The molecule has 2 aromatic carbocycles. The van der Waals surface area contributed by atoms with Gasteiger partial charge in [-0.3, -0.25) is 4.79 Å². The van der Waals surface area contributed by atoms with Crippen LogP contribution in [0.25, 0.3) is 11.0 Å². The molecule has 0 radical (unpaired) electrons. The Kier molecular flexibility index (Phi) is 4.65. The molecule has 0 bridgehead atoms. The van der Waals surface area contributed by atoms with Crippen LogP contribution in [0.5, 0.6) is 0 Å². The highest BCUT2D eigenvalue weighted by Crippen LogP contribution is 2.15. The van der Waals surface area contributed by atoms with Gasteiger partial charge >= 0.3 is 0 Å². The molecule has 5 heteroatoms. The number of hydrazone groups is 1. The molecule has 3 aromatic rings. The van der Waals surface area contributed by atoms with Crippen molar-refractivity contribution in [2.24, 2.45) is 5.10 Å². The standard InChI is InChI=1S/C20H22N4O/c1-13-9-14(2)17(15(3)10-13)11-21-23-20(25)12-24-16(4)22-18-7-5-6-8-19(18)24/h5-11H,12H2,1-4H3,(H,23,25)/b21-11-. The summed E-state index contributed by atoms with van der Waals surface area (Å²) < 4.78 is 1.89. The van der Waals surface area contributed by atoms with E-state index in [1.54, 1.807) is 6.21 Å². The minimum atomic E-state index is -0.176. The third-order valence-electron chi connectivity index (χ3n) is 4.27. The molecule has 25 heavy (non-hydrogen) atoms. The first-order valence-corrected chi connectivity index (χ1v) is 8.27. The summed E-state index contributed by atoms with van der Waals surface area (Å²) in [6, 6.07) is 12.0. The highest BCUT2D eigenvalue weighted by atomic mass is 16.2. The lowest BCUT2D eigenvalue weighted by molar-refractivity contribution is -0.121. The van der Waals surface area contributed by atoms with Gasteiger partial charge in [0, 0.05) is 5.56 Å². The van der Waals surface area contributed by atoms with E-state index in [9.17, 15) is 4.79 Å². The minimum Gasteiger partial charge on any atom is -0.319 e. The number of carbonyl (C=O) groups excluding carboxylic acids is 1. The SMILES string of the molecule is Cc1cc(C)c(/C=N\NC(=O)Cn2c(C)nc3ccccc32)c(C)c1. The molecule has 0 unspecified atom stereocenters. The fourth-order valence-electron chi connectivity index (χ4n) is 3.14. The van der Waals surface area contributed by atoms with Crippen LogP contribution in [-0.2, 0) is 11.3 Å². The average molecular weight is 334 g/mol. The fourth-order valence-corrected chi connectivity index (χ4v) is 3.14. The van der Waals surface area contributed by atoms with Gasteiger partial charge in [-0.25, -0.2) is 10.4 Å². The Labute approximate surface area is 147 Å². The number of amides is 1. The second-order valence-corrected chi connectivity index (χ2v) is 6.34. The summed E-state index contributed by atoms with van der Waals surface area (Å²) in [6.45, 7) is 8.25. The van der Waals surface area contributed by atoms with Crippen molar-refractivity contribution in [3.05, 3.63) is 64.5 Å². The van der Waals surface area contributed by atoms with Crippen LogP contribution in [0.2, 0.25) is 0 Å². The summed E-state index contributed by atoms with van der Waals surface area (Å²) in [5.74, 6) is 0.635. The summed E-state index contributed by atoms with van der Waals surface area (Å²) in [4.78, 5) is 16.7. The predicted octanol–water partition coefficient (Wildman–Crippen LogP) is 3.42. The van der Waals surface area contributed by atoms with E-state index in [2.05, 4.69) is 34.6 Å². The van der Waals surface area contributed by atoms with E-state index >= 15 is 0 Å². The Hall–Kier alpha value is -2.95. The summed E-state index contributed by atoms with van der Waals surface area (Å²) >= 11 is 0. The monoisotopic (exact) mass is 334 g/mol. The van der Waals surface area contributed by atoms with Gasteiger partial charge in [-0.05, 0) is 51.0 Å². The lowest BCUT2D eigenvalue weighted by Crippen LogP contribution is -2.23. The fraction of sp³-hybridized carbons (Fsp3) is 0.250. The maximum atomic E-state index is 12.2. The largest absolute Gasteiger partial charge is 0.319 e. The van der Waals surface area contributed by atoms with Gasteiger partial charge in [0.25, 0.3) is 5.91 Å². The first-order valence-electron chi connectivity index (χ1n) is 8.27. The van der Waals surface area contributed by atoms with E-state index < -0.39 is 0 Å². The van der Waals surface area contributed by atoms with Crippen LogP contribution in [0.1, 0.15) is 28.1 Å². The Morgan fingerprint density at radius 3 is 2.56 bits per heavy atom. The number of carbonyl (C=O) groups is 1. The molecular weight excluding hydrogens is 312 g/mol. The van der Waals surface area contributed by atoms with E-state index in [1.165, 1.54) is 5.56 Å². The first kappa shape index (κ1) is 16.9. The first-order chi connectivity index (χ1) is 12.0. The number of nitrogens with zero attached hydrogens (tertiary/aromatic N) is 3. The summed E-state index contributed by atoms with van der Waals surface area (Å²) in [6.07, 6.45) is 1.71. The number of aromatic nitrogens is 2. The van der Waals surface area contributed by atoms with Crippen molar-refractivity contribution in [1.29, 1.82) is 0 Å². The van der Waals surface area contributed by atoms with Crippen LogP contribution < -0.4 is 5.43 Å². The van der Waals surface area contributed by atoms with E-state index in [0.29, 0.717) is 0 Å².